The molecule has 0 radical (unpaired) electrons. The molecule has 2 aromatic rings. The molecule has 0 N–H and O–H groups in total. The Kier molecular flexibility index (Phi) is 5.62. The second-order valence-corrected chi connectivity index (χ2v) is 5.86. The number of halogens is 6. The van der Waals surface area contributed by atoms with Crippen molar-refractivity contribution in [1.29, 1.82) is 0 Å². The van der Waals surface area contributed by atoms with Gasteiger partial charge in [-0.1, -0.05) is 6.07 Å². The van der Waals surface area contributed by atoms with Crippen LogP contribution in [0.25, 0.3) is 0 Å². The van der Waals surface area contributed by atoms with E-state index >= 15 is 0 Å². The largest absolute Gasteiger partial charge is 0.267 e. The molecule has 0 saturated carbocycles. The topological polar surface area (TPSA) is 47.0 Å². The Hall–Kier alpha value is -1.74. The minimum absolute atomic E-state index is 1.75. The highest BCUT2D eigenvalue weighted by atomic mass is 35.7. The standard InChI is InChI=1S/C6ClF5O2S.C5H5N/c7-15(13,14)6-4(11)2(9)1(8)3(10)5(6)12;1-2-4-6-5-3-1/h;1-5H. The second-order valence-electron chi connectivity index (χ2n) is 3.36. The Labute approximate surface area is 120 Å². The van der Waals surface area contributed by atoms with E-state index in [1.807, 2.05) is 18.2 Å². The summed E-state index contributed by atoms with van der Waals surface area (Å²) in [7, 11) is -0.549. The fourth-order valence-corrected chi connectivity index (χ4v) is 2.13. The molecule has 1 aromatic carbocycles. The van der Waals surface area contributed by atoms with E-state index in [1.54, 1.807) is 12.4 Å². The maximum atomic E-state index is 12.7. The summed E-state index contributed by atoms with van der Waals surface area (Å²) in [5.74, 6) is -12.2. The number of hydrogen-bond donors (Lipinski definition) is 0. The van der Waals surface area contributed by atoms with Crippen molar-refractivity contribution in [1.82, 2.24) is 4.98 Å². The summed E-state index contributed by atoms with van der Waals surface area (Å²) in [5.41, 5.74) is 0. The molecular formula is C11H5ClF5NO2S. The number of hydrogen-bond acceptors (Lipinski definition) is 3. The molecule has 21 heavy (non-hydrogen) atoms. The molecule has 0 aliphatic rings. The fraction of sp³-hybridized carbons (Fsp3) is 0. The van der Waals surface area contributed by atoms with Gasteiger partial charge in [-0.3, -0.25) is 4.98 Å². The first-order valence-electron chi connectivity index (χ1n) is 4.99. The van der Waals surface area contributed by atoms with Crippen LogP contribution in [0.5, 0.6) is 0 Å². The molecule has 0 fully saturated rings. The third-order valence-electron chi connectivity index (χ3n) is 1.98. The average molecular weight is 346 g/mol. The van der Waals surface area contributed by atoms with Crippen LogP contribution in [-0.4, -0.2) is 13.4 Å². The highest BCUT2D eigenvalue weighted by molar-refractivity contribution is 8.13. The Bertz CT molecular complexity index is 684. The maximum Gasteiger partial charge on any atom is 0.267 e. The Morgan fingerprint density at radius 2 is 1.14 bits per heavy atom. The van der Waals surface area contributed by atoms with Crippen molar-refractivity contribution in [2.45, 2.75) is 4.90 Å². The van der Waals surface area contributed by atoms with Crippen LogP contribution in [0.4, 0.5) is 22.0 Å². The number of rotatable bonds is 1. The van der Waals surface area contributed by atoms with Crippen LogP contribution in [0, 0.1) is 29.1 Å². The van der Waals surface area contributed by atoms with Crippen LogP contribution in [0.3, 0.4) is 0 Å². The van der Waals surface area contributed by atoms with Gasteiger partial charge in [-0.05, 0) is 12.1 Å². The monoisotopic (exact) mass is 345 g/mol. The van der Waals surface area contributed by atoms with E-state index < -0.39 is 43.0 Å². The number of pyridine rings is 1. The maximum absolute atomic E-state index is 12.7. The highest BCUT2D eigenvalue weighted by Gasteiger charge is 2.32. The normalized spacial score (nSPS) is 10.8. The van der Waals surface area contributed by atoms with Crippen LogP contribution in [0.15, 0.2) is 35.5 Å². The number of nitrogens with zero attached hydrogens (tertiary/aromatic N) is 1. The highest BCUT2D eigenvalue weighted by Crippen LogP contribution is 2.28. The van der Waals surface area contributed by atoms with E-state index in [2.05, 4.69) is 15.7 Å². The van der Waals surface area contributed by atoms with Crippen molar-refractivity contribution < 1.29 is 30.4 Å². The van der Waals surface area contributed by atoms with Gasteiger partial charge in [0.05, 0.1) is 0 Å². The van der Waals surface area contributed by atoms with Crippen LogP contribution in [0.1, 0.15) is 0 Å². The van der Waals surface area contributed by atoms with E-state index in [0.717, 1.165) is 0 Å². The van der Waals surface area contributed by atoms with Gasteiger partial charge in [0.25, 0.3) is 9.05 Å². The predicted octanol–water partition coefficient (Wildman–Crippen LogP) is 3.39. The van der Waals surface area contributed by atoms with Gasteiger partial charge in [0.1, 0.15) is 0 Å². The summed E-state index contributed by atoms with van der Waals surface area (Å²) in [4.78, 5) is 1.73. The lowest BCUT2D eigenvalue weighted by molar-refractivity contribution is 0.358. The zero-order valence-corrected chi connectivity index (χ0v) is 11.4. The van der Waals surface area contributed by atoms with E-state index in [0.29, 0.717) is 0 Å². The molecule has 0 amide bonds. The van der Waals surface area contributed by atoms with Gasteiger partial charge >= 0.3 is 0 Å². The van der Waals surface area contributed by atoms with Crippen LogP contribution >= 0.6 is 10.7 Å². The lowest BCUT2D eigenvalue weighted by atomic mass is 10.3. The molecule has 0 spiro atoms. The minimum atomic E-state index is -5.05. The van der Waals surface area contributed by atoms with Crippen molar-refractivity contribution in [3.05, 3.63) is 59.7 Å². The van der Waals surface area contributed by atoms with Crippen molar-refractivity contribution >= 4 is 19.7 Å². The molecule has 114 valence electrons. The Morgan fingerprint density at radius 3 is 1.38 bits per heavy atom. The van der Waals surface area contributed by atoms with Gasteiger partial charge in [-0.15, -0.1) is 0 Å². The first-order valence-corrected chi connectivity index (χ1v) is 7.30. The van der Waals surface area contributed by atoms with Gasteiger partial charge in [0, 0.05) is 23.1 Å². The van der Waals surface area contributed by atoms with Crippen molar-refractivity contribution in [2.24, 2.45) is 0 Å². The predicted molar refractivity (Wildman–Crippen MR) is 63.5 cm³/mol. The smallest absolute Gasteiger partial charge is 0.265 e. The van der Waals surface area contributed by atoms with Crippen LogP contribution in [0.2, 0.25) is 0 Å². The summed E-state index contributed by atoms with van der Waals surface area (Å²) < 4.78 is 83.8. The van der Waals surface area contributed by atoms with Gasteiger partial charge in [-0.2, -0.15) is 0 Å². The molecule has 1 aromatic heterocycles. The van der Waals surface area contributed by atoms with Crippen LogP contribution < -0.4 is 0 Å². The summed E-state index contributed by atoms with van der Waals surface area (Å²) >= 11 is 0. The van der Waals surface area contributed by atoms with Gasteiger partial charge in [0.2, 0.25) is 5.82 Å². The zero-order valence-electron chi connectivity index (χ0n) is 9.83. The fourth-order valence-electron chi connectivity index (χ4n) is 1.11. The molecule has 0 aliphatic carbocycles. The van der Waals surface area contributed by atoms with E-state index in [1.165, 1.54) is 0 Å². The summed E-state index contributed by atoms with van der Waals surface area (Å²) in [6.45, 7) is 0. The lowest BCUT2D eigenvalue weighted by Crippen LogP contribution is -2.09. The molecule has 2 rings (SSSR count). The molecule has 3 nitrogen and oxygen atoms in total. The van der Waals surface area contributed by atoms with Gasteiger partial charge in [0.15, 0.2) is 28.2 Å². The Morgan fingerprint density at radius 1 is 0.762 bits per heavy atom. The first-order chi connectivity index (χ1) is 9.68. The molecule has 0 aliphatic heterocycles. The molecule has 10 heteroatoms. The third-order valence-corrected chi connectivity index (χ3v) is 3.29. The molecule has 0 atom stereocenters. The second kappa shape index (κ2) is 6.81. The molecular weight excluding hydrogens is 341 g/mol. The van der Waals surface area contributed by atoms with E-state index in [9.17, 15) is 30.4 Å². The SMILES string of the molecule is O=S(=O)(Cl)c1c(F)c(F)c(F)c(F)c1F.c1ccncc1. The summed E-state index contributed by atoms with van der Waals surface area (Å²) in [5, 5.41) is 0. The zero-order chi connectivity index (χ0) is 16.2. The van der Waals surface area contributed by atoms with E-state index in [4.69, 9.17) is 0 Å². The molecule has 0 unspecified atom stereocenters. The van der Waals surface area contributed by atoms with Crippen molar-refractivity contribution in [3.63, 3.8) is 0 Å². The van der Waals surface area contributed by atoms with Crippen molar-refractivity contribution in [2.75, 3.05) is 0 Å². The first kappa shape index (κ1) is 17.3. The van der Waals surface area contributed by atoms with Gasteiger partial charge in [-0.25, -0.2) is 30.4 Å². The number of aromatic nitrogens is 1. The lowest BCUT2D eigenvalue weighted by Gasteiger charge is -2.04. The van der Waals surface area contributed by atoms with Crippen LogP contribution in [-0.2, 0) is 9.05 Å². The van der Waals surface area contributed by atoms with Gasteiger partial charge < -0.3 is 0 Å². The minimum Gasteiger partial charge on any atom is -0.265 e. The Balaban J connectivity index is 0.000000304. The average Bonchev–Trinajstić information content (AvgIpc) is 2.44. The third kappa shape index (κ3) is 4.11. The molecule has 1 heterocycles. The van der Waals surface area contributed by atoms with Crippen molar-refractivity contribution in [3.8, 4) is 0 Å². The quantitative estimate of drug-likeness (QED) is 0.344. The molecule has 0 bridgehead atoms. The summed E-state index contributed by atoms with van der Waals surface area (Å²) in [6.07, 6.45) is 3.50. The number of benzene rings is 1. The molecule has 0 saturated heterocycles. The van der Waals surface area contributed by atoms with E-state index in [-0.39, 0.29) is 0 Å². The summed E-state index contributed by atoms with van der Waals surface area (Å²) in [6, 6.07) is 5.72.